The SMILES string of the molecule is O=C(N/N=C\c1ncc[nH]1)c1[nH]c2ccccc2c1-c1ccccc1. The summed E-state index contributed by atoms with van der Waals surface area (Å²) >= 11 is 0. The summed E-state index contributed by atoms with van der Waals surface area (Å²) in [5.41, 5.74) is 5.76. The van der Waals surface area contributed by atoms with Gasteiger partial charge < -0.3 is 9.97 Å². The van der Waals surface area contributed by atoms with E-state index in [4.69, 9.17) is 0 Å². The number of aromatic amines is 2. The van der Waals surface area contributed by atoms with Gasteiger partial charge >= 0.3 is 0 Å². The Morgan fingerprint density at radius 2 is 1.88 bits per heavy atom. The van der Waals surface area contributed by atoms with Crippen LogP contribution in [-0.4, -0.2) is 27.1 Å². The third kappa shape index (κ3) is 2.92. The molecular formula is C19H15N5O. The van der Waals surface area contributed by atoms with Gasteiger partial charge in [-0.3, -0.25) is 4.79 Å². The molecule has 4 aromatic rings. The number of amides is 1. The van der Waals surface area contributed by atoms with Crippen LogP contribution in [0, 0.1) is 0 Å². The third-order valence-corrected chi connectivity index (χ3v) is 3.87. The molecule has 4 rings (SSSR count). The molecule has 0 aliphatic carbocycles. The van der Waals surface area contributed by atoms with Crippen LogP contribution < -0.4 is 5.43 Å². The maximum Gasteiger partial charge on any atom is 0.288 e. The second-order valence-corrected chi connectivity index (χ2v) is 5.46. The largest absolute Gasteiger partial charge is 0.350 e. The Kier molecular flexibility index (Phi) is 3.84. The number of nitrogens with one attached hydrogen (secondary N) is 3. The van der Waals surface area contributed by atoms with Gasteiger partial charge in [-0.25, -0.2) is 10.4 Å². The monoisotopic (exact) mass is 329 g/mol. The van der Waals surface area contributed by atoms with E-state index in [0.29, 0.717) is 11.5 Å². The lowest BCUT2D eigenvalue weighted by Gasteiger charge is -2.04. The number of aromatic nitrogens is 3. The normalized spacial score (nSPS) is 11.2. The van der Waals surface area contributed by atoms with Gasteiger partial charge in [0.15, 0.2) is 0 Å². The molecule has 0 spiro atoms. The zero-order valence-electron chi connectivity index (χ0n) is 13.2. The fourth-order valence-electron chi connectivity index (χ4n) is 2.77. The second kappa shape index (κ2) is 6.45. The van der Waals surface area contributed by atoms with Crippen LogP contribution >= 0.6 is 0 Å². The Bertz CT molecular complexity index is 1030. The van der Waals surface area contributed by atoms with Gasteiger partial charge in [-0.05, 0) is 11.6 Å². The minimum Gasteiger partial charge on any atom is -0.350 e. The highest BCUT2D eigenvalue weighted by molar-refractivity contribution is 6.09. The van der Waals surface area contributed by atoms with E-state index in [1.807, 2.05) is 54.6 Å². The summed E-state index contributed by atoms with van der Waals surface area (Å²) in [6.07, 6.45) is 4.77. The van der Waals surface area contributed by atoms with E-state index in [2.05, 4.69) is 25.5 Å². The van der Waals surface area contributed by atoms with Crippen LogP contribution in [-0.2, 0) is 0 Å². The van der Waals surface area contributed by atoms with Crippen molar-refractivity contribution in [1.82, 2.24) is 20.4 Å². The predicted octanol–water partition coefficient (Wildman–Crippen LogP) is 3.32. The molecule has 0 fully saturated rings. The van der Waals surface area contributed by atoms with Crippen LogP contribution in [0.2, 0.25) is 0 Å². The number of nitrogens with zero attached hydrogens (tertiary/aromatic N) is 2. The smallest absolute Gasteiger partial charge is 0.288 e. The first-order valence-electron chi connectivity index (χ1n) is 7.82. The van der Waals surface area contributed by atoms with E-state index >= 15 is 0 Å². The number of hydrogen-bond donors (Lipinski definition) is 3. The highest BCUT2D eigenvalue weighted by Crippen LogP contribution is 2.32. The number of carbonyl (C=O) groups is 1. The van der Waals surface area contributed by atoms with Gasteiger partial charge in [0.05, 0.1) is 6.21 Å². The third-order valence-electron chi connectivity index (χ3n) is 3.87. The molecular weight excluding hydrogens is 314 g/mol. The molecule has 122 valence electrons. The van der Waals surface area contributed by atoms with Crippen LogP contribution in [0.25, 0.3) is 22.0 Å². The van der Waals surface area contributed by atoms with Gasteiger partial charge in [0, 0.05) is 28.9 Å². The lowest BCUT2D eigenvalue weighted by atomic mass is 10.0. The first-order valence-corrected chi connectivity index (χ1v) is 7.82. The molecule has 3 N–H and O–H groups in total. The second-order valence-electron chi connectivity index (χ2n) is 5.46. The highest BCUT2D eigenvalue weighted by Gasteiger charge is 2.18. The number of carbonyl (C=O) groups excluding carboxylic acids is 1. The quantitative estimate of drug-likeness (QED) is 0.396. The van der Waals surface area contributed by atoms with Crippen molar-refractivity contribution in [3.63, 3.8) is 0 Å². The van der Waals surface area contributed by atoms with Crippen molar-refractivity contribution in [3.8, 4) is 11.1 Å². The Labute approximate surface area is 143 Å². The van der Waals surface area contributed by atoms with Crippen LogP contribution in [0.3, 0.4) is 0 Å². The molecule has 25 heavy (non-hydrogen) atoms. The fourth-order valence-corrected chi connectivity index (χ4v) is 2.77. The molecule has 0 saturated carbocycles. The molecule has 6 nitrogen and oxygen atoms in total. The van der Waals surface area contributed by atoms with Crippen molar-refractivity contribution in [2.75, 3.05) is 0 Å². The lowest BCUT2D eigenvalue weighted by molar-refractivity contribution is 0.0951. The molecule has 0 radical (unpaired) electrons. The number of imidazole rings is 1. The summed E-state index contributed by atoms with van der Waals surface area (Å²) in [4.78, 5) is 22.8. The van der Waals surface area contributed by atoms with E-state index in [1.54, 1.807) is 12.4 Å². The number of hydrazone groups is 1. The Morgan fingerprint density at radius 3 is 2.68 bits per heavy atom. The summed E-state index contributed by atoms with van der Waals surface area (Å²) in [7, 11) is 0. The average molecular weight is 329 g/mol. The molecule has 0 saturated heterocycles. The standard InChI is InChI=1S/C19H15N5O/c25-19(24-22-12-16-20-10-11-21-16)18-17(13-6-2-1-3-7-13)14-8-4-5-9-15(14)23-18/h1-12,23H,(H,20,21)(H,24,25)/b22-12-. The molecule has 0 bridgehead atoms. The molecule has 2 aromatic carbocycles. The van der Waals surface area contributed by atoms with Crippen molar-refractivity contribution in [3.05, 3.63) is 78.5 Å². The molecule has 2 heterocycles. The van der Waals surface area contributed by atoms with Crippen LogP contribution in [0.5, 0.6) is 0 Å². The van der Waals surface area contributed by atoms with E-state index in [-0.39, 0.29) is 5.91 Å². The maximum absolute atomic E-state index is 12.7. The Balaban J connectivity index is 1.72. The predicted molar refractivity (Wildman–Crippen MR) is 97.4 cm³/mol. The summed E-state index contributed by atoms with van der Waals surface area (Å²) < 4.78 is 0. The summed E-state index contributed by atoms with van der Waals surface area (Å²) in [5.74, 6) is 0.262. The highest BCUT2D eigenvalue weighted by atomic mass is 16.2. The molecule has 0 aliphatic rings. The molecule has 0 aliphatic heterocycles. The van der Waals surface area contributed by atoms with Gasteiger partial charge in [0.2, 0.25) is 0 Å². The molecule has 1 amide bonds. The topological polar surface area (TPSA) is 85.9 Å². The zero-order chi connectivity index (χ0) is 17.1. The number of benzene rings is 2. The van der Waals surface area contributed by atoms with Crippen molar-refractivity contribution < 1.29 is 4.79 Å². The van der Waals surface area contributed by atoms with Crippen LogP contribution in [0.15, 0.2) is 72.1 Å². The van der Waals surface area contributed by atoms with Crippen molar-refractivity contribution in [1.29, 1.82) is 0 Å². The van der Waals surface area contributed by atoms with Gasteiger partial charge in [0.25, 0.3) is 5.91 Å². The number of H-pyrrole nitrogens is 2. The average Bonchev–Trinajstić information content (AvgIpc) is 3.30. The van der Waals surface area contributed by atoms with Crippen LogP contribution in [0.1, 0.15) is 16.3 Å². The van der Waals surface area contributed by atoms with Crippen molar-refractivity contribution in [2.24, 2.45) is 5.10 Å². The minimum absolute atomic E-state index is 0.308. The first kappa shape index (κ1) is 14.9. The molecule has 6 heteroatoms. The maximum atomic E-state index is 12.7. The van der Waals surface area contributed by atoms with Gasteiger partial charge in [-0.2, -0.15) is 5.10 Å². The minimum atomic E-state index is -0.308. The first-order chi connectivity index (χ1) is 12.3. The Hall–Kier alpha value is -3.67. The molecule has 0 atom stereocenters. The summed E-state index contributed by atoms with van der Waals surface area (Å²) in [6, 6.07) is 17.7. The number of para-hydroxylation sites is 1. The van der Waals surface area contributed by atoms with E-state index in [0.717, 1.165) is 22.0 Å². The number of hydrogen-bond acceptors (Lipinski definition) is 3. The lowest BCUT2D eigenvalue weighted by Crippen LogP contribution is -2.19. The zero-order valence-corrected chi connectivity index (χ0v) is 13.2. The van der Waals surface area contributed by atoms with Crippen LogP contribution in [0.4, 0.5) is 0 Å². The summed E-state index contributed by atoms with van der Waals surface area (Å²) in [5, 5.41) is 4.95. The fraction of sp³-hybridized carbons (Fsp3) is 0. The Morgan fingerprint density at radius 1 is 1.08 bits per heavy atom. The molecule has 0 unspecified atom stereocenters. The van der Waals surface area contributed by atoms with E-state index in [1.165, 1.54) is 6.21 Å². The van der Waals surface area contributed by atoms with Crippen molar-refractivity contribution >= 4 is 23.0 Å². The van der Waals surface area contributed by atoms with E-state index in [9.17, 15) is 4.79 Å². The van der Waals surface area contributed by atoms with E-state index < -0.39 is 0 Å². The van der Waals surface area contributed by atoms with Gasteiger partial charge in [-0.1, -0.05) is 48.5 Å². The summed E-state index contributed by atoms with van der Waals surface area (Å²) in [6.45, 7) is 0. The van der Waals surface area contributed by atoms with Gasteiger partial charge in [0.1, 0.15) is 11.5 Å². The number of rotatable bonds is 4. The number of fused-ring (bicyclic) bond motifs is 1. The van der Waals surface area contributed by atoms with Gasteiger partial charge in [-0.15, -0.1) is 0 Å². The molecule has 2 aromatic heterocycles. The van der Waals surface area contributed by atoms with Crippen molar-refractivity contribution in [2.45, 2.75) is 0 Å².